The predicted octanol–water partition coefficient (Wildman–Crippen LogP) is 3.03. The first-order valence-electron chi connectivity index (χ1n) is 6.76. The highest BCUT2D eigenvalue weighted by Gasteiger charge is 2.26. The largest absolute Gasteiger partial charge is 0.399 e. The summed E-state index contributed by atoms with van der Waals surface area (Å²) in [6.07, 6.45) is 2.30. The van der Waals surface area contributed by atoms with Crippen LogP contribution in [0.3, 0.4) is 0 Å². The molecule has 3 heteroatoms. The highest BCUT2D eigenvalue weighted by molar-refractivity contribution is 8.00. The zero-order valence-electron chi connectivity index (χ0n) is 11.5. The van der Waals surface area contributed by atoms with Crippen LogP contribution in [0.5, 0.6) is 0 Å². The van der Waals surface area contributed by atoms with Crippen molar-refractivity contribution in [3.8, 4) is 0 Å². The quantitative estimate of drug-likeness (QED) is 0.848. The van der Waals surface area contributed by atoms with Gasteiger partial charge in [-0.05, 0) is 44.9 Å². The van der Waals surface area contributed by atoms with Crippen molar-refractivity contribution in [2.75, 3.05) is 31.1 Å². The summed E-state index contributed by atoms with van der Waals surface area (Å²) < 4.78 is 0.421. The monoisotopic (exact) mass is 264 g/mol. The first kappa shape index (κ1) is 13.8. The van der Waals surface area contributed by atoms with Gasteiger partial charge in [0.25, 0.3) is 0 Å². The number of para-hydroxylation sites is 1. The maximum Gasteiger partial charge on any atom is 0.0346 e. The second kappa shape index (κ2) is 5.98. The summed E-state index contributed by atoms with van der Waals surface area (Å²) in [5, 5.41) is 0. The molecule has 1 aromatic rings. The highest BCUT2D eigenvalue weighted by Crippen LogP contribution is 2.29. The molecule has 0 amide bonds. The van der Waals surface area contributed by atoms with Crippen LogP contribution in [0.2, 0.25) is 0 Å². The molecule has 0 unspecified atom stereocenters. The Hall–Kier alpha value is -0.670. The van der Waals surface area contributed by atoms with Gasteiger partial charge >= 0.3 is 0 Å². The van der Waals surface area contributed by atoms with Gasteiger partial charge in [-0.2, -0.15) is 11.8 Å². The molecular weight excluding hydrogens is 240 g/mol. The van der Waals surface area contributed by atoms with Gasteiger partial charge in [0.05, 0.1) is 0 Å². The second-order valence-corrected chi connectivity index (χ2v) is 7.49. The number of rotatable bonds is 4. The number of thioether (sulfide) groups is 1. The number of benzene rings is 1. The van der Waals surface area contributed by atoms with Gasteiger partial charge in [0.15, 0.2) is 0 Å². The van der Waals surface area contributed by atoms with Gasteiger partial charge in [-0.1, -0.05) is 18.2 Å². The van der Waals surface area contributed by atoms with Gasteiger partial charge in [0.2, 0.25) is 0 Å². The number of hydrogen-bond acceptors (Lipinski definition) is 3. The van der Waals surface area contributed by atoms with Crippen LogP contribution in [0.4, 0.5) is 5.69 Å². The van der Waals surface area contributed by atoms with E-state index in [1.54, 1.807) is 0 Å². The zero-order chi connectivity index (χ0) is 13.0. The van der Waals surface area contributed by atoms with Gasteiger partial charge in [0, 0.05) is 29.3 Å². The minimum atomic E-state index is 0.421. The lowest BCUT2D eigenvalue weighted by molar-refractivity contribution is 0.258. The molecule has 1 saturated heterocycles. The lowest BCUT2D eigenvalue weighted by atomic mass is 10.1. The molecular formula is C15H24N2S. The molecule has 0 saturated carbocycles. The molecule has 0 aromatic heterocycles. The van der Waals surface area contributed by atoms with E-state index < -0.39 is 0 Å². The Labute approximate surface area is 115 Å². The van der Waals surface area contributed by atoms with Crippen molar-refractivity contribution in [1.29, 1.82) is 0 Å². The fourth-order valence-electron chi connectivity index (χ4n) is 2.56. The topological polar surface area (TPSA) is 29.3 Å². The van der Waals surface area contributed by atoms with Crippen LogP contribution < -0.4 is 5.73 Å². The molecule has 0 spiro atoms. The Balaban J connectivity index is 1.77. The van der Waals surface area contributed by atoms with Crippen molar-refractivity contribution in [3.05, 3.63) is 29.8 Å². The average molecular weight is 264 g/mol. The molecule has 1 fully saturated rings. The van der Waals surface area contributed by atoms with E-state index in [9.17, 15) is 0 Å². The van der Waals surface area contributed by atoms with Crippen LogP contribution >= 0.6 is 11.8 Å². The molecule has 1 heterocycles. The first-order valence-corrected chi connectivity index (χ1v) is 7.75. The summed E-state index contributed by atoms with van der Waals surface area (Å²) in [5.74, 6) is 1.26. The van der Waals surface area contributed by atoms with Gasteiger partial charge < -0.3 is 10.6 Å². The Bertz CT molecular complexity index is 390. The summed E-state index contributed by atoms with van der Waals surface area (Å²) in [6, 6.07) is 8.22. The predicted molar refractivity (Wildman–Crippen MR) is 82.2 cm³/mol. The number of hydrogen-bond donors (Lipinski definition) is 1. The minimum Gasteiger partial charge on any atom is -0.399 e. The molecule has 0 atom stereocenters. The van der Waals surface area contributed by atoms with Crippen LogP contribution in [0.25, 0.3) is 0 Å². The molecule has 0 radical (unpaired) electrons. The van der Waals surface area contributed by atoms with Crippen LogP contribution in [0, 0.1) is 0 Å². The smallest absolute Gasteiger partial charge is 0.0346 e. The SMILES string of the molecule is CC1(C)CN(CCCc2ccccc2N)CCS1. The normalized spacial score (nSPS) is 19.9. The molecule has 2 N–H and O–H groups in total. The van der Waals surface area contributed by atoms with E-state index in [0.717, 1.165) is 12.1 Å². The molecule has 2 rings (SSSR count). The Morgan fingerprint density at radius 2 is 2.11 bits per heavy atom. The average Bonchev–Trinajstić information content (AvgIpc) is 2.30. The van der Waals surface area contributed by atoms with Gasteiger partial charge in [-0.3, -0.25) is 0 Å². The molecule has 0 bridgehead atoms. The van der Waals surface area contributed by atoms with E-state index in [2.05, 4.69) is 42.6 Å². The molecule has 1 aromatic carbocycles. The molecule has 2 nitrogen and oxygen atoms in total. The van der Waals surface area contributed by atoms with E-state index in [1.165, 1.54) is 37.4 Å². The van der Waals surface area contributed by atoms with Crippen molar-refractivity contribution in [1.82, 2.24) is 4.90 Å². The van der Waals surface area contributed by atoms with Crippen molar-refractivity contribution in [2.45, 2.75) is 31.4 Å². The Kier molecular flexibility index (Phi) is 4.57. The number of anilines is 1. The lowest BCUT2D eigenvalue weighted by Gasteiger charge is -2.37. The second-order valence-electron chi connectivity index (χ2n) is 5.69. The summed E-state index contributed by atoms with van der Waals surface area (Å²) in [4.78, 5) is 2.59. The molecule has 1 aliphatic heterocycles. The Morgan fingerprint density at radius 1 is 1.33 bits per heavy atom. The fraction of sp³-hybridized carbons (Fsp3) is 0.600. The summed E-state index contributed by atoms with van der Waals surface area (Å²) in [7, 11) is 0. The van der Waals surface area contributed by atoms with Crippen molar-refractivity contribution in [2.24, 2.45) is 0 Å². The van der Waals surface area contributed by atoms with Crippen molar-refractivity contribution in [3.63, 3.8) is 0 Å². The summed E-state index contributed by atoms with van der Waals surface area (Å²) in [6.45, 7) is 8.33. The van der Waals surface area contributed by atoms with Crippen LogP contribution in [0.15, 0.2) is 24.3 Å². The number of nitrogen functional groups attached to an aromatic ring is 1. The maximum atomic E-state index is 5.97. The summed E-state index contributed by atoms with van der Waals surface area (Å²) in [5.41, 5.74) is 8.20. The van der Waals surface area contributed by atoms with Crippen LogP contribution in [0.1, 0.15) is 25.8 Å². The van der Waals surface area contributed by atoms with Gasteiger partial charge in [0.1, 0.15) is 0 Å². The fourth-order valence-corrected chi connectivity index (χ4v) is 3.74. The van der Waals surface area contributed by atoms with E-state index in [-0.39, 0.29) is 0 Å². The molecule has 1 aliphatic rings. The first-order chi connectivity index (χ1) is 8.57. The van der Waals surface area contributed by atoms with Gasteiger partial charge in [-0.25, -0.2) is 0 Å². The number of aryl methyl sites for hydroxylation is 1. The zero-order valence-corrected chi connectivity index (χ0v) is 12.3. The highest BCUT2D eigenvalue weighted by atomic mass is 32.2. The number of nitrogens with zero attached hydrogens (tertiary/aromatic N) is 1. The molecule has 0 aliphatic carbocycles. The Morgan fingerprint density at radius 3 is 2.83 bits per heavy atom. The van der Waals surface area contributed by atoms with Crippen molar-refractivity contribution >= 4 is 17.4 Å². The van der Waals surface area contributed by atoms with E-state index in [1.807, 2.05) is 12.1 Å². The van der Waals surface area contributed by atoms with Gasteiger partial charge in [-0.15, -0.1) is 0 Å². The third-order valence-electron chi connectivity index (χ3n) is 3.48. The lowest BCUT2D eigenvalue weighted by Crippen LogP contribution is -2.43. The summed E-state index contributed by atoms with van der Waals surface area (Å²) >= 11 is 2.09. The van der Waals surface area contributed by atoms with Crippen LogP contribution in [-0.2, 0) is 6.42 Å². The van der Waals surface area contributed by atoms with E-state index in [0.29, 0.717) is 4.75 Å². The molecule has 18 heavy (non-hydrogen) atoms. The maximum absolute atomic E-state index is 5.97. The standard InChI is InChI=1S/C15H24N2S/c1-15(2)12-17(10-11-18-15)9-5-7-13-6-3-4-8-14(13)16/h3-4,6,8H,5,7,9-12,16H2,1-2H3. The van der Waals surface area contributed by atoms with Crippen LogP contribution in [-0.4, -0.2) is 35.0 Å². The van der Waals surface area contributed by atoms with E-state index in [4.69, 9.17) is 5.73 Å². The third-order valence-corrected chi connectivity index (χ3v) is 4.78. The minimum absolute atomic E-state index is 0.421. The molecule has 100 valence electrons. The van der Waals surface area contributed by atoms with E-state index >= 15 is 0 Å². The third kappa shape index (κ3) is 3.92. The number of nitrogens with two attached hydrogens (primary N) is 1. The van der Waals surface area contributed by atoms with Crippen molar-refractivity contribution < 1.29 is 0 Å².